The van der Waals surface area contributed by atoms with Crippen LogP contribution in [-0.2, 0) is 0 Å². The molecule has 1 N–H and O–H groups in total. The lowest BCUT2D eigenvalue weighted by molar-refractivity contribution is 0.136. The zero-order chi connectivity index (χ0) is 15.8. The van der Waals surface area contributed by atoms with Crippen LogP contribution in [0.25, 0.3) is 0 Å². The van der Waals surface area contributed by atoms with Gasteiger partial charge >= 0.3 is 0 Å². The van der Waals surface area contributed by atoms with Crippen molar-refractivity contribution in [2.24, 2.45) is 11.8 Å². The van der Waals surface area contributed by atoms with Gasteiger partial charge in [0.25, 0.3) is 0 Å². The standard InChI is InChI=1S/C19H34N2/c1-7-20-19(18-11-9-8-10-12-18)17(6)21(13-15(2)3)14-16(4)5/h8-12,15-17,19-20H,7,13-14H2,1-6H3. The van der Waals surface area contributed by atoms with Crippen molar-refractivity contribution in [1.82, 2.24) is 10.2 Å². The van der Waals surface area contributed by atoms with Gasteiger partial charge in [0.2, 0.25) is 0 Å². The second kappa shape index (κ2) is 9.22. The molecule has 0 spiro atoms. The van der Waals surface area contributed by atoms with Crippen LogP contribution in [0.2, 0.25) is 0 Å². The third-order valence-corrected chi connectivity index (χ3v) is 3.84. The van der Waals surface area contributed by atoms with Crippen molar-refractivity contribution in [2.45, 2.75) is 53.6 Å². The van der Waals surface area contributed by atoms with E-state index in [1.807, 2.05) is 0 Å². The second-order valence-corrected chi connectivity index (χ2v) is 6.93. The maximum atomic E-state index is 3.68. The van der Waals surface area contributed by atoms with Crippen LogP contribution in [0.4, 0.5) is 0 Å². The van der Waals surface area contributed by atoms with Crippen molar-refractivity contribution in [3.8, 4) is 0 Å². The van der Waals surface area contributed by atoms with Crippen molar-refractivity contribution in [3.05, 3.63) is 35.9 Å². The van der Waals surface area contributed by atoms with Crippen LogP contribution in [0.3, 0.4) is 0 Å². The van der Waals surface area contributed by atoms with Gasteiger partial charge in [-0.15, -0.1) is 0 Å². The molecule has 1 rings (SSSR count). The molecule has 0 amide bonds. The molecule has 2 atom stereocenters. The molecule has 0 aliphatic rings. The number of hydrogen-bond acceptors (Lipinski definition) is 2. The summed E-state index contributed by atoms with van der Waals surface area (Å²) in [6, 6.07) is 11.8. The first kappa shape index (κ1) is 18.2. The number of hydrogen-bond donors (Lipinski definition) is 1. The van der Waals surface area contributed by atoms with Gasteiger partial charge in [0.15, 0.2) is 0 Å². The van der Waals surface area contributed by atoms with Gasteiger partial charge in [-0.05, 0) is 30.9 Å². The van der Waals surface area contributed by atoms with E-state index in [0.29, 0.717) is 23.9 Å². The molecule has 0 aliphatic heterocycles. The van der Waals surface area contributed by atoms with Gasteiger partial charge in [0.1, 0.15) is 0 Å². The Morgan fingerprint density at radius 2 is 1.43 bits per heavy atom. The predicted octanol–water partition coefficient (Wildman–Crippen LogP) is 4.34. The van der Waals surface area contributed by atoms with E-state index in [0.717, 1.165) is 19.6 Å². The molecule has 2 unspecified atom stereocenters. The van der Waals surface area contributed by atoms with E-state index < -0.39 is 0 Å². The molecule has 0 saturated carbocycles. The average molecular weight is 290 g/mol. The summed E-state index contributed by atoms with van der Waals surface area (Å²) >= 11 is 0. The normalized spacial score (nSPS) is 14.9. The Balaban J connectivity index is 2.92. The summed E-state index contributed by atoms with van der Waals surface area (Å²) in [6.07, 6.45) is 0. The molecule has 0 heterocycles. The number of nitrogens with one attached hydrogen (secondary N) is 1. The van der Waals surface area contributed by atoms with Gasteiger partial charge in [0.05, 0.1) is 0 Å². The minimum absolute atomic E-state index is 0.397. The highest BCUT2D eigenvalue weighted by Crippen LogP contribution is 2.22. The maximum Gasteiger partial charge on any atom is 0.0475 e. The van der Waals surface area contributed by atoms with Crippen LogP contribution in [0, 0.1) is 11.8 Å². The highest BCUT2D eigenvalue weighted by atomic mass is 15.2. The van der Waals surface area contributed by atoms with Crippen LogP contribution in [-0.4, -0.2) is 30.6 Å². The van der Waals surface area contributed by atoms with E-state index in [-0.39, 0.29) is 0 Å². The summed E-state index contributed by atoms with van der Waals surface area (Å²) in [6.45, 7) is 17.1. The fraction of sp³-hybridized carbons (Fsp3) is 0.684. The predicted molar refractivity (Wildman–Crippen MR) is 93.6 cm³/mol. The van der Waals surface area contributed by atoms with Gasteiger partial charge in [-0.1, -0.05) is 65.0 Å². The van der Waals surface area contributed by atoms with Crippen LogP contribution >= 0.6 is 0 Å². The smallest absolute Gasteiger partial charge is 0.0475 e. The summed E-state index contributed by atoms with van der Waals surface area (Å²) in [7, 11) is 0. The third kappa shape index (κ3) is 6.19. The van der Waals surface area contributed by atoms with Crippen LogP contribution in [0.5, 0.6) is 0 Å². The number of likely N-dealkylation sites (N-methyl/N-ethyl adjacent to an activating group) is 1. The van der Waals surface area contributed by atoms with Crippen LogP contribution in [0.15, 0.2) is 30.3 Å². The first-order valence-electron chi connectivity index (χ1n) is 8.48. The van der Waals surface area contributed by atoms with Crippen molar-refractivity contribution < 1.29 is 0 Å². The lowest BCUT2D eigenvalue weighted by Gasteiger charge is -2.37. The summed E-state index contributed by atoms with van der Waals surface area (Å²) in [5, 5.41) is 3.68. The molecule has 1 aromatic rings. The molecule has 0 bridgehead atoms. The van der Waals surface area contributed by atoms with E-state index >= 15 is 0 Å². The van der Waals surface area contributed by atoms with Crippen molar-refractivity contribution >= 4 is 0 Å². The molecular weight excluding hydrogens is 256 g/mol. The Labute approximate surface area is 131 Å². The molecule has 2 heteroatoms. The first-order chi connectivity index (χ1) is 9.95. The Kier molecular flexibility index (Phi) is 7.98. The van der Waals surface area contributed by atoms with E-state index in [2.05, 4.69) is 82.1 Å². The Hall–Kier alpha value is -0.860. The molecular formula is C19H34N2. The van der Waals surface area contributed by atoms with E-state index in [9.17, 15) is 0 Å². The highest BCUT2D eigenvalue weighted by Gasteiger charge is 2.25. The average Bonchev–Trinajstić information content (AvgIpc) is 2.43. The van der Waals surface area contributed by atoms with Gasteiger partial charge in [-0.25, -0.2) is 0 Å². The van der Waals surface area contributed by atoms with Gasteiger partial charge in [-0.2, -0.15) is 0 Å². The molecule has 1 aromatic carbocycles. The van der Waals surface area contributed by atoms with Crippen LogP contribution < -0.4 is 5.32 Å². The molecule has 0 saturated heterocycles. The summed E-state index contributed by atoms with van der Waals surface area (Å²) in [5.41, 5.74) is 1.39. The topological polar surface area (TPSA) is 15.3 Å². The van der Waals surface area contributed by atoms with E-state index in [4.69, 9.17) is 0 Å². The van der Waals surface area contributed by atoms with Gasteiger partial charge < -0.3 is 5.32 Å². The zero-order valence-electron chi connectivity index (χ0n) is 14.8. The van der Waals surface area contributed by atoms with E-state index in [1.165, 1.54) is 5.56 Å². The quantitative estimate of drug-likeness (QED) is 0.728. The fourth-order valence-corrected chi connectivity index (χ4v) is 3.00. The van der Waals surface area contributed by atoms with Crippen molar-refractivity contribution in [1.29, 1.82) is 0 Å². The third-order valence-electron chi connectivity index (χ3n) is 3.84. The number of nitrogens with zero attached hydrogens (tertiary/aromatic N) is 1. The number of benzene rings is 1. The summed E-state index contributed by atoms with van der Waals surface area (Å²) in [5.74, 6) is 1.40. The first-order valence-corrected chi connectivity index (χ1v) is 8.48. The highest BCUT2D eigenvalue weighted by molar-refractivity contribution is 5.20. The molecule has 0 radical (unpaired) electrons. The number of rotatable bonds is 9. The maximum absolute atomic E-state index is 3.68. The van der Waals surface area contributed by atoms with Crippen LogP contribution in [0.1, 0.15) is 53.1 Å². The fourth-order valence-electron chi connectivity index (χ4n) is 3.00. The Morgan fingerprint density at radius 1 is 0.905 bits per heavy atom. The molecule has 0 aliphatic carbocycles. The monoisotopic (exact) mass is 290 g/mol. The van der Waals surface area contributed by atoms with Crippen molar-refractivity contribution in [3.63, 3.8) is 0 Å². The zero-order valence-corrected chi connectivity index (χ0v) is 14.8. The molecule has 21 heavy (non-hydrogen) atoms. The molecule has 0 fully saturated rings. The minimum Gasteiger partial charge on any atom is -0.309 e. The molecule has 2 nitrogen and oxygen atoms in total. The SMILES string of the molecule is CCNC(c1ccccc1)C(C)N(CC(C)C)CC(C)C. The Bertz CT molecular complexity index is 362. The van der Waals surface area contributed by atoms with Gasteiger partial charge in [0, 0.05) is 25.2 Å². The van der Waals surface area contributed by atoms with Crippen molar-refractivity contribution in [2.75, 3.05) is 19.6 Å². The molecule has 0 aromatic heterocycles. The van der Waals surface area contributed by atoms with Gasteiger partial charge in [-0.3, -0.25) is 4.90 Å². The largest absolute Gasteiger partial charge is 0.309 e. The minimum atomic E-state index is 0.397. The molecule has 120 valence electrons. The second-order valence-electron chi connectivity index (χ2n) is 6.93. The summed E-state index contributed by atoms with van der Waals surface area (Å²) in [4.78, 5) is 2.65. The summed E-state index contributed by atoms with van der Waals surface area (Å²) < 4.78 is 0. The Morgan fingerprint density at radius 3 is 1.86 bits per heavy atom. The lowest BCUT2D eigenvalue weighted by Crippen LogP contribution is -2.46. The lowest BCUT2D eigenvalue weighted by atomic mass is 9.97. The van der Waals surface area contributed by atoms with E-state index in [1.54, 1.807) is 0 Å².